The lowest BCUT2D eigenvalue weighted by Crippen LogP contribution is -2.11. The van der Waals surface area contributed by atoms with Crippen molar-refractivity contribution in [1.82, 2.24) is 14.3 Å². The van der Waals surface area contributed by atoms with Crippen LogP contribution < -0.4 is 11.1 Å². The monoisotopic (exact) mass is 401 g/mol. The van der Waals surface area contributed by atoms with E-state index in [0.717, 1.165) is 41.0 Å². The molecule has 0 fully saturated rings. The highest BCUT2D eigenvalue weighted by molar-refractivity contribution is 7.11. The minimum atomic E-state index is -0.479. The summed E-state index contributed by atoms with van der Waals surface area (Å²) >= 11 is 1.31. The van der Waals surface area contributed by atoms with E-state index < -0.39 is 5.91 Å². The van der Waals surface area contributed by atoms with Crippen molar-refractivity contribution in [2.24, 2.45) is 5.73 Å². The third-order valence-electron chi connectivity index (χ3n) is 5.21. The van der Waals surface area contributed by atoms with Crippen LogP contribution in [0, 0.1) is 0 Å². The molecule has 29 heavy (non-hydrogen) atoms. The lowest BCUT2D eigenvalue weighted by molar-refractivity contribution is 0.100. The van der Waals surface area contributed by atoms with Crippen LogP contribution in [0.2, 0.25) is 0 Å². The van der Waals surface area contributed by atoms with Crippen molar-refractivity contribution in [1.29, 1.82) is 0 Å². The minimum Gasteiger partial charge on any atom is -0.366 e. The third kappa shape index (κ3) is 3.23. The molecule has 1 aliphatic carbocycles. The summed E-state index contributed by atoms with van der Waals surface area (Å²) in [5.74, 6) is 1.06. The molecule has 4 aromatic rings. The number of benzene rings is 2. The van der Waals surface area contributed by atoms with Gasteiger partial charge in [-0.25, -0.2) is 9.97 Å². The van der Waals surface area contributed by atoms with E-state index in [2.05, 4.69) is 21.8 Å². The number of carbonyl (C=O) groups excluding carboxylic acids is 1. The zero-order valence-corrected chi connectivity index (χ0v) is 16.5. The van der Waals surface area contributed by atoms with Gasteiger partial charge in [0.05, 0.1) is 11.1 Å². The second-order valence-corrected chi connectivity index (χ2v) is 7.86. The number of anilines is 1. The minimum absolute atomic E-state index is 0.425. The Morgan fingerprint density at radius 1 is 1.07 bits per heavy atom. The maximum absolute atomic E-state index is 11.7. The number of hydrogen-bond acceptors (Lipinski definition) is 6. The van der Waals surface area contributed by atoms with E-state index in [4.69, 9.17) is 15.7 Å². The molecule has 144 valence electrons. The van der Waals surface area contributed by atoms with Gasteiger partial charge in [0.25, 0.3) is 5.91 Å². The fourth-order valence-corrected chi connectivity index (χ4v) is 4.60. The predicted octanol–water partition coefficient (Wildman–Crippen LogP) is 3.95. The van der Waals surface area contributed by atoms with Crippen molar-refractivity contribution in [3.8, 4) is 10.7 Å². The molecule has 0 radical (unpaired) electrons. The topological polar surface area (TPSA) is 93.8 Å². The zero-order valence-electron chi connectivity index (χ0n) is 15.7. The lowest BCUT2D eigenvalue weighted by atomic mass is 10.1. The molecule has 1 aliphatic rings. The van der Waals surface area contributed by atoms with Crippen LogP contribution in [0.4, 0.5) is 5.82 Å². The van der Waals surface area contributed by atoms with Crippen LogP contribution in [0.1, 0.15) is 33.6 Å². The summed E-state index contributed by atoms with van der Waals surface area (Å²) in [5, 5.41) is 4.36. The first kappa shape index (κ1) is 17.8. The maximum Gasteiger partial charge on any atom is 0.250 e. The Morgan fingerprint density at radius 2 is 1.93 bits per heavy atom. The van der Waals surface area contributed by atoms with Crippen molar-refractivity contribution in [2.75, 3.05) is 5.32 Å². The van der Waals surface area contributed by atoms with Gasteiger partial charge in [-0.2, -0.15) is 4.37 Å². The van der Waals surface area contributed by atoms with Crippen LogP contribution in [0.25, 0.3) is 21.6 Å². The van der Waals surface area contributed by atoms with Crippen molar-refractivity contribution >= 4 is 34.2 Å². The van der Waals surface area contributed by atoms with Gasteiger partial charge in [0.15, 0.2) is 5.82 Å². The molecular formula is C22H19N5OS. The molecule has 5 rings (SSSR count). The number of nitrogens with two attached hydrogens (primary N) is 1. The van der Waals surface area contributed by atoms with E-state index in [1.54, 1.807) is 6.07 Å². The van der Waals surface area contributed by atoms with E-state index in [1.165, 1.54) is 22.7 Å². The fraction of sp³-hybridized carbons (Fsp3) is 0.182. The van der Waals surface area contributed by atoms with Crippen molar-refractivity contribution < 1.29 is 4.79 Å². The molecule has 0 bridgehead atoms. The molecule has 2 aromatic heterocycles. The summed E-state index contributed by atoms with van der Waals surface area (Å²) in [6, 6.07) is 15.7. The first-order chi connectivity index (χ1) is 14.2. The number of aryl methyl sites for hydroxylation is 1. The number of nitrogens with zero attached hydrogens (tertiary/aromatic N) is 3. The van der Waals surface area contributed by atoms with Crippen LogP contribution in [-0.4, -0.2) is 20.2 Å². The van der Waals surface area contributed by atoms with Gasteiger partial charge in [0.2, 0.25) is 0 Å². The Morgan fingerprint density at radius 3 is 2.76 bits per heavy atom. The van der Waals surface area contributed by atoms with Crippen LogP contribution in [0.15, 0.2) is 48.5 Å². The van der Waals surface area contributed by atoms with E-state index in [0.29, 0.717) is 23.4 Å². The Bertz CT molecular complexity index is 1220. The van der Waals surface area contributed by atoms with Crippen LogP contribution in [0.5, 0.6) is 0 Å². The molecule has 7 heteroatoms. The van der Waals surface area contributed by atoms with Crippen LogP contribution >= 0.6 is 11.5 Å². The van der Waals surface area contributed by atoms with E-state index in [9.17, 15) is 4.79 Å². The molecule has 2 aromatic carbocycles. The number of fused-ring (bicyclic) bond motifs is 2. The maximum atomic E-state index is 11.7. The molecule has 6 nitrogen and oxygen atoms in total. The first-order valence-electron chi connectivity index (χ1n) is 9.57. The standard InChI is InChI=1S/C22H19N5OS/c23-20(28)16-10-4-9-15-18(16)27-29-19(15)22-25-17-11-5-8-14(17)21(26-22)24-12-13-6-2-1-3-7-13/h1-4,6-7,9-10H,5,8,11-12H2,(H2,23,28)(H,24,25,26). The average molecular weight is 401 g/mol. The summed E-state index contributed by atoms with van der Waals surface area (Å²) in [6.07, 6.45) is 3.03. The molecule has 0 aliphatic heterocycles. The SMILES string of the molecule is NC(=O)c1cccc2c(-c3nc4c(c(NCc5ccccc5)n3)CCC4)snc12. The summed E-state index contributed by atoms with van der Waals surface area (Å²) in [6.45, 7) is 0.707. The highest BCUT2D eigenvalue weighted by Crippen LogP contribution is 2.35. The van der Waals surface area contributed by atoms with Crippen molar-refractivity contribution in [3.63, 3.8) is 0 Å². The quantitative estimate of drug-likeness (QED) is 0.528. The highest BCUT2D eigenvalue weighted by atomic mass is 32.1. The van der Waals surface area contributed by atoms with E-state index in [1.807, 2.05) is 30.3 Å². The lowest BCUT2D eigenvalue weighted by Gasteiger charge is -2.12. The second kappa shape index (κ2) is 7.25. The molecule has 0 saturated carbocycles. The smallest absolute Gasteiger partial charge is 0.250 e. The largest absolute Gasteiger partial charge is 0.366 e. The molecule has 0 saturated heterocycles. The molecule has 2 heterocycles. The number of nitrogens with one attached hydrogen (secondary N) is 1. The first-order valence-corrected chi connectivity index (χ1v) is 10.3. The van der Waals surface area contributed by atoms with Gasteiger partial charge in [0, 0.05) is 23.2 Å². The van der Waals surface area contributed by atoms with Gasteiger partial charge >= 0.3 is 0 Å². The van der Waals surface area contributed by atoms with Crippen LogP contribution in [0.3, 0.4) is 0 Å². The highest BCUT2D eigenvalue weighted by Gasteiger charge is 2.22. The molecule has 0 atom stereocenters. The number of aromatic nitrogens is 3. The number of rotatable bonds is 5. The summed E-state index contributed by atoms with van der Waals surface area (Å²) < 4.78 is 4.47. The predicted molar refractivity (Wildman–Crippen MR) is 115 cm³/mol. The molecule has 3 N–H and O–H groups in total. The fourth-order valence-electron chi connectivity index (χ4n) is 3.79. The van der Waals surface area contributed by atoms with E-state index in [-0.39, 0.29) is 0 Å². The van der Waals surface area contributed by atoms with Gasteiger partial charge in [-0.15, -0.1) is 0 Å². The number of carbonyl (C=O) groups is 1. The molecular weight excluding hydrogens is 382 g/mol. The molecule has 0 unspecified atom stereocenters. The number of hydrogen-bond donors (Lipinski definition) is 2. The van der Waals surface area contributed by atoms with Crippen molar-refractivity contribution in [2.45, 2.75) is 25.8 Å². The van der Waals surface area contributed by atoms with Crippen LogP contribution in [-0.2, 0) is 19.4 Å². The Labute approximate surface area is 172 Å². The number of primary amides is 1. The normalized spacial score (nSPS) is 12.8. The summed E-state index contributed by atoms with van der Waals surface area (Å²) in [5.41, 5.74) is 10.0. The van der Waals surface area contributed by atoms with Gasteiger partial charge in [-0.3, -0.25) is 4.79 Å². The Hall–Kier alpha value is -3.32. The third-order valence-corrected chi connectivity index (χ3v) is 6.07. The zero-order chi connectivity index (χ0) is 19.8. The molecule has 1 amide bonds. The van der Waals surface area contributed by atoms with Gasteiger partial charge in [-0.1, -0.05) is 42.5 Å². The van der Waals surface area contributed by atoms with Crippen molar-refractivity contribution in [3.05, 3.63) is 70.9 Å². The summed E-state index contributed by atoms with van der Waals surface area (Å²) in [4.78, 5) is 22.3. The van der Waals surface area contributed by atoms with E-state index >= 15 is 0 Å². The number of amides is 1. The van der Waals surface area contributed by atoms with Gasteiger partial charge in [0.1, 0.15) is 10.7 Å². The molecule has 0 spiro atoms. The van der Waals surface area contributed by atoms with Gasteiger partial charge < -0.3 is 11.1 Å². The second-order valence-electron chi connectivity index (χ2n) is 7.09. The Balaban J connectivity index is 1.57. The Kier molecular flexibility index (Phi) is 4.44. The summed E-state index contributed by atoms with van der Waals surface area (Å²) in [7, 11) is 0. The average Bonchev–Trinajstić information content (AvgIpc) is 3.39. The van der Waals surface area contributed by atoms with Gasteiger partial charge in [-0.05, 0) is 42.4 Å².